The molecule has 2 aromatic carbocycles. The Morgan fingerprint density at radius 3 is 2.48 bits per heavy atom. The number of hydrogen-bond donors (Lipinski definition) is 4. The molecule has 3 aromatic rings. The lowest BCUT2D eigenvalue weighted by atomic mass is 10.0. The molecule has 29 heavy (non-hydrogen) atoms. The predicted octanol–water partition coefficient (Wildman–Crippen LogP) is 2.54. The van der Waals surface area contributed by atoms with Crippen molar-refractivity contribution in [3.05, 3.63) is 49.1 Å². The highest BCUT2D eigenvalue weighted by molar-refractivity contribution is 14.1. The van der Waals surface area contributed by atoms with Crippen molar-refractivity contribution in [2.75, 3.05) is 11.9 Å². The summed E-state index contributed by atoms with van der Waals surface area (Å²) in [5.41, 5.74) is 7.80. The van der Waals surface area contributed by atoms with Gasteiger partial charge in [-0.05, 0) is 75.0 Å². The summed E-state index contributed by atoms with van der Waals surface area (Å²) in [5.74, 6) is -0.614. The number of halogens is 2. The van der Waals surface area contributed by atoms with Crippen LogP contribution in [0.3, 0.4) is 0 Å². The summed E-state index contributed by atoms with van der Waals surface area (Å²) in [5, 5.41) is 21.7. The van der Waals surface area contributed by atoms with E-state index in [2.05, 4.69) is 10.3 Å². The number of nitrogens with zero attached hydrogens (tertiary/aromatic N) is 2. The molecule has 152 valence electrons. The van der Waals surface area contributed by atoms with Crippen molar-refractivity contribution in [1.29, 1.82) is 0 Å². The van der Waals surface area contributed by atoms with E-state index in [9.17, 15) is 14.7 Å². The van der Waals surface area contributed by atoms with Gasteiger partial charge in [0.2, 0.25) is 17.8 Å². The molecule has 0 bridgehead atoms. The zero-order valence-electron chi connectivity index (χ0n) is 15.1. The normalized spacial score (nSPS) is 12.1. The second-order valence-corrected chi connectivity index (χ2v) is 8.67. The first kappa shape index (κ1) is 21.8. The number of fused-ring (bicyclic) bond motifs is 1. The number of aliphatic hydroxyl groups excluding tert-OH is 1. The minimum Gasteiger partial charge on any atom is -0.506 e. The molecule has 0 aliphatic heterocycles. The van der Waals surface area contributed by atoms with Crippen molar-refractivity contribution in [2.45, 2.75) is 18.9 Å². The van der Waals surface area contributed by atoms with Crippen LogP contribution in [-0.2, 0) is 16.0 Å². The van der Waals surface area contributed by atoms with E-state index in [1.165, 1.54) is 0 Å². The van der Waals surface area contributed by atoms with E-state index >= 15 is 0 Å². The van der Waals surface area contributed by atoms with Crippen LogP contribution in [0.2, 0.25) is 0 Å². The Balaban J connectivity index is 2.09. The fourth-order valence-electron chi connectivity index (χ4n) is 3.02. The highest BCUT2D eigenvalue weighted by atomic mass is 127. The lowest BCUT2D eigenvalue weighted by Crippen LogP contribution is -2.30. The minimum absolute atomic E-state index is 0.0845. The van der Waals surface area contributed by atoms with E-state index < -0.39 is 17.9 Å². The van der Waals surface area contributed by atoms with E-state index in [0.717, 1.165) is 5.56 Å². The van der Waals surface area contributed by atoms with Crippen molar-refractivity contribution in [3.8, 4) is 5.75 Å². The fraction of sp³-hybridized carbons (Fsp3) is 0.211. The molecule has 5 N–H and O–H groups in total. The molecule has 1 aromatic heterocycles. The van der Waals surface area contributed by atoms with Gasteiger partial charge >= 0.3 is 0 Å². The molecular formula is C19H18I2N4O4. The number of para-hydroxylation sites is 2. The highest BCUT2D eigenvalue weighted by Crippen LogP contribution is 2.31. The third kappa shape index (κ3) is 4.80. The van der Waals surface area contributed by atoms with Crippen molar-refractivity contribution in [2.24, 2.45) is 5.73 Å². The zero-order chi connectivity index (χ0) is 21.1. The molecule has 0 fully saturated rings. The Labute approximate surface area is 193 Å². The third-order valence-corrected chi connectivity index (χ3v) is 5.98. The van der Waals surface area contributed by atoms with Gasteiger partial charge in [0, 0.05) is 6.42 Å². The Hall–Kier alpha value is -1.93. The average molecular weight is 620 g/mol. The van der Waals surface area contributed by atoms with Gasteiger partial charge in [0.05, 0.1) is 31.2 Å². The number of phenols is 1. The number of nitrogens with one attached hydrogen (secondary N) is 1. The van der Waals surface area contributed by atoms with Crippen LogP contribution < -0.4 is 11.1 Å². The van der Waals surface area contributed by atoms with E-state index in [0.29, 0.717) is 18.2 Å². The Kier molecular flexibility index (Phi) is 6.95. The van der Waals surface area contributed by atoms with Gasteiger partial charge in [-0.25, -0.2) is 4.98 Å². The lowest BCUT2D eigenvalue weighted by molar-refractivity contribution is -0.121. The Morgan fingerprint density at radius 2 is 1.86 bits per heavy atom. The van der Waals surface area contributed by atoms with Crippen LogP contribution in [0.15, 0.2) is 36.4 Å². The summed E-state index contributed by atoms with van der Waals surface area (Å²) in [7, 11) is 0. The number of anilines is 1. The number of nitrogens with two attached hydrogens (primary N) is 1. The predicted molar refractivity (Wildman–Crippen MR) is 126 cm³/mol. The highest BCUT2D eigenvalue weighted by Gasteiger charge is 2.25. The van der Waals surface area contributed by atoms with Gasteiger partial charge in [-0.3, -0.25) is 19.5 Å². The first-order valence-electron chi connectivity index (χ1n) is 8.65. The maximum absolute atomic E-state index is 12.4. The first-order chi connectivity index (χ1) is 13.8. The number of phenolic OH excluding ortho intramolecular Hbond substituents is 1. The lowest BCUT2D eigenvalue weighted by Gasteiger charge is -2.20. The van der Waals surface area contributed by atoms with Crippen LogP contribution >= 0.6 is 45.2 Å². The number of aromatic nitrogens is 2. The number of primary amides is 1. The zero-order valence-corrected chi connectivity index (χ0v) is 19.4. The summed E-state index contributed by atoms with van der Waals surface area (Å²) in [6.45, 7) is -0.296. The first-order valence-corrected chi connectivity index (χ1v) is 10.8. The van der Waals surface area contributed by atoms with E-state index in [1.54, 1.807) is 28.8 Å². The Morgan fingerprint density at radius 1 is 1.21 bits per heavy atom. The molecule has 2 amide bonds. The minimum atomic E-state index is -0.817. The molecule has 0 saturated heterocycles. The van der Waals surface area contributed by atoms with E-state index in [-0.39, 0.29) is 31.1 Å². The summed E-state index contributed by atoms with van der Waals surface area (Å²) in [6, 6.07) is 9.95. The molecule has 3 rings (SSSR count). The van der Waals surface area contributed by atoms with Gasteiger partial charge in [-0.1, -0.05) is 12.1 Å². The van der Waals surface area contributed by atoms with Gasteiger partial charge < -0.3 is 15.9 Å². The molecule has 10 heteroatoms. The van der Waals surface area contributed by atoms with Crippen LogP contribution in [0.1, 0.15) is 18.0 Å². The summed E-state index contributed by atoms with van der Waals surface area (Å²) >= 11 is 4.06. The maximum Gasteiger partial charge on any atom is 0.240 e. The SMILES string of the molecule is NC(=O)C(Cc1cc(I)c(O)c(I)c1)n1c(NC(=O)CCO)nc2ccccc21. The summed E-state index contributed by atoms with van der Waals surface area (Å²) in [6.07, 6.45) is 0.170. The number of hydrogen-bond acceptors (Lipinski definition) is 5. The molecule has 1 heterocycles. The number of aromatic hydroxyl groups is 1. The average Bonchev–Trinajstić information content (AvgIpc) is 3.01. The molecule has 0 spiro atoms. The molecule has 0 aliphatic carbocycles. The van der Waals surface area contributed by atoms with Crippen molar-refractivity contribution in [1.82, 2.24) is 9.55 Å². The maximum atomic E-state index is 12.4. The number of carbonyl (C=O) groups excluding carboxylic acids is 2. The van der Waals surface area contributed by atoms with Gasteiger partial charge in [-0.15, -0.1) is 0 Å². The topological polar surface area (TPSA) is 130 Å². The Bertz CT molecular complexity index is 1060. The molecule has 0 radical (unpaired) electrons. The smallest absolute Gasteiger partial charge is 0.240 e. The third-order valence-electron chi connectivity index (χ3n) is 4.33. The van der Waals surface area contributed by atoms with Crippen LogP contribution in [-0.4, -0.2) is 38.2 Å². The standard InChI is InChI=1S/C19H18I2N4O4/c20-11-7-10(8-12(21)17(11)28)9-15(18(22)29)25-14-4-2-1-3-13(14)23-19(25)24-16(27)5-6-26/h1-4,7-8,15,26,28H,5-6,9H2,(H2,22,29)(H,23,24,27). The molecule has 0 saturated carbocycles. The fourth-order valence-corrected chi connectivity index (χ4v) is 4.91. The van der Waals surface area contributed by atoms with Crippen molar-refractivity contribution in [3.63, 3.8) is 0 Å². The molecular weight excluding hydrogens is 602 g/mol. The van der Waals surface area contributed by atoms with Crippen LogP contribution in [0.5, 0.6) is 5.75 Å². The number of imidazole rings is 1. The van der Waals surface area contributed by atoms with Gasteiger partial charge in [0.1, 0.15) is 11.8 Å². The summed E-state index contributed by atoms with van der Waals surface area (Å²) < 4.78 is 2.94. The number of benzene rings is 2. The summed E-state index contributed by atoms with van der Waals surface area (Å²) in [4.78, 5) is 28.9. The second-order valence-electron chi connectivity index (χ2n) is 6.35. The van der Waals surface area contributed by atoms with Crippen molar-refractivity contribution >= 4 is 74.0 Å². The number of aliphatic hydroxyl groups is 1. The quantitative estimate of drug-likeness (QED) is 0.302. The molecule has 0 aliphatic rings. The van der Waals surface area contributed by atoms with Gasteiger partial charge in [-0.2, -0.15) is 0 Å². The molecule has 1 atom stereocenters. The monoisotopic (exact) mass is 620 g/mol. The van der Waals surface area contributed by atoms with Crippen LogP contribution in [0, 0.1) is 7.14 Å². The van der Waals surface area contributed by atoms with Gasteiger partial charge in [0.25, 0.3) is 0 Å². The van der Waals surface area contributed by atoms with E-state index in [4.69, 9.17) is 10.8 Å². The van der Waals surface area contributed by atoms with Crippen LogP contribution in [0.4, 0.5) is 5.95 Å². The largest absolute Gasteiger partial charge is 0.506 e. The van der Waals surface area contributed by atoms with Gasteiger partial charge in [0.15, 0.2) is 0 Å². The van der Waals surface area contributed by atoms with Crippen molar-refractivity contribution < 1.29 is 19.8 Å². The molecule has 1 unspecified atom stereocenters. The van der Waals surface area contributed by atoms with E-state index in [1.807, 2.05) is 57.3 Å². The number of amides is 2. The molecule has 8 nitrogen and oxygen atoms in total. The number of carbonyl (C=O) groups is 2. The van der Waals surface area contributed by atoms with Crippen LogP contribution in [0.25, 0.3) is 11.0 Å². The number of rotatable bonds is 7. The second kappa shape index (κ2) is 9.26.